The van der Waals surface area contributed by atoms with Crippen LogP contribution in [0.5, 0.6) is 11.6 Å². The van der Waals surface area contributed by atoms with E-state index in [0.29, 0.717) is 5.75 Å². The van der Waals surface area contributed by atoms with Crippen molar-refractivity contribution in [3.8, 4) is 11.6 Å². The molecule has 92 valence electrons. The van der Waals surface area contributed by atoms with Gasteiger partial charge in [-0.05, 0) is 24.3 Å². The predicted molar refractivity (Wildman–Crippen MR) is 70.1 cm³/mol. The van der Waals surface area contributed by atoms with Gasteiger partial charge in [0.2, 0.25) is 0 Å². The number of hydrogen-bond donors (Lipinski definition) is 0. The van der Waals surface area contributed by atoms with Crippen molar-refractivity contribution in [3.05, 3.63) is 56.1 Å². The van der Waals surface area contributed by atoms with Gasteiger partial charge in [0.05, 0.1) is 16.1 Å². The Hall–Kier alpha value is -1.66. The molecule has 1 heterocycles. The third-order valence-electron chi connectivity index (χ3n) is 2.02. The maximum Gasteiger partial charge on any atom is 0.332 e. The lowest BCUT2D eigenvalue weighted by atomic mass is 10.3. The molecule has 0 fully saturated rings. The van der Waals surface area contributed by atoms with E-state index in [2.05, 4.69) is 20.9 Å². The first-order valence-electron chi connectivity index (χ1n) is 4.79. The van der Waals surface area contributed by atoms with Crippen molar-refractivity contribution in [2.45, 2.75) is 0 Å². The largest absolute Gasteiger partial charge is 0.434 e. The Labute approximate surface area is 116 Å². The fourth-order valence-electron chi connectivity index (χ4n) is 1.24. The van der Waals surface area contributed by atoms with Crippen LogP contribution in [0.3, 0.4) is 0 Å². The molecule has 7 heteroatoms. The van der Waals surface area contributed by atoms with Crippen molar-refractivity contribution in [1.29, 1.82) is 0 Å². The maximum atomic E-state index is 10.8. The van der Waals surface area contributed by atoms with Gasteiger partial charge in [-0.2, -0.15) is 0 Å². The van der Waals surface area contributed by atoms with Gasteiger partial charge in [0.1, 0.15) is 5.75 Å². The van der Waals surface area contributed by atoms with Crippen molar-refractivity contribution < 1.29 is 9.66 Å². The van der Waals surface area contributed by atoms with Gasteiger partial charge in [0.15, 0.2) is 0 Å². The Morgan fingerprint density at radius 2 is 2.00 bits per heavy atom. The topological polar surface area (TPSA) is 65.3 Å². The van der Waals surface area contributed by atoms with Gasteiger partial charge >= 0.3 is 5.69 Å². The molecule has 0 radical (unpaired) electrons. The van der Waals surface area contributed by atoms with Crippen molar-refractivity contribution in [1.82, 2.24) is 4.98 Å². The van der Waals surface area contributed by atoms with E-state index in [1.54, 1.807) is 24.3 Å². The first kappa shape index (κ1) is 12.8. The minimum atomic E-state index is -0.590. The van der Waals surface area contributed by atoms with Gasteiger partial charge in [-0.3, -0.25) is 10.1 Å². The third-order valence-corrected chi connectivity index (χ3v) is 2.76. The molecule has 0 saturated heterocycles. The first-order chi connectivity index (χ1) is 8.56. The van der Waals surface area contributed by atoms with Crippen LogP contribution in [0.2, 0.25) is 5.02 Å². The highest BCUT2D eigenvalue weighted by Gasteiger charge is 2.18. The fourth-order valence-corrected chi connectivity index (χ4v) is 1.66. The molecule has 0 N–H and O–H groups in total. The molecule has 0 aliphatic rings. The third kappa shape index (κ3) is 2.96. The zero-order chi connectivity index (χ0) is 13.1. The van der Waals surface area contributed by atoms with Crippen molar-refractivity contribution in [3.63, 3.8) is 0 Å². The van der Waals surface area contributed by atoms with Gasteiger partial charge in [-0.1, -0.05) is 27.5 Å². The summed E-state index contributed by atoms with van der Waals surface area (Å²) in [6.45, 7) is 0. The lowest BCUT2D eigenvalue weighted by Crippen LogP contribution is -1.95. The Morgan fingerprint density at radius 3 is 2.61 bits per heavy atom. The number of benzene rings is 1. The molecule has 0 saturated carbocycles. The summed E-state index contributed by atoms with van der Waals surface area (Å²) in [6, 6.07) is 8.06. The molecule has 0 atom stereocenters. The van der Waals surface area contributed by atoms with Crippen molar-refractivity contribution >= 4 is 33.2 Å². The number of ether oxygens (including phenoxy) is 1. The highest BCUT2D eigenvalue weighted by atomic mass is 79.9. The molecule has 0 bridgehead atoms. The van der Waals surface area contributed by atoms with E-state index in [-0.39, 0.29) is 16.6 Å². The molecule has 0 unspecified atom stereocenters. The summed E-state index contributed by atoms with van der Waals surface area (Å²) < 4.78 is 6.23. The van der Waals surface area contributed by atoms with E-state index in [0.717, 1.165) is 4.47 Å². The normalized spacial score (nSPS) is 10.1. The molecule has 2 rings (SSSR count). The lowest BCUT2D eigenvalue weighted by Gasteiger charge is -2.05. The summed E-state index contributed by atoms with van der Waals surface area (Å²) in [7, 11) is 0. The SMILES string of the molecule is O=[N+]([O-])c1cc(Cl)cnc1Oc1ccc(Br)cc1. The minimum Gasteiger partial charge on any atom is -0.434 e. The van der Waals surface area contributed by atoms with E-state index in [1.165, 1.54) is 12.3 Å². The van der Waals surface area contributed by atoms with Crippen LogP contribution in [0.15, 0.2) is 41.0 Å². The van der Waals surface area contributed by atoms with E-state index >= 15 is 0 Å². The van der Waals surface area contributed by atoms with E-state index in [9.17, 15) is 10.1 Å². The number of hydrogen-bond acceptors (Lipinski definition) is 4. The summed E-state index contributed by atoms with van der Waals surface area (Å²) in [5.41, 5.74) is -0.273. The van der Waals surface area contributed by atoms with Crippen LogP contribution in [-0.2, 0) is 0 Å². The van der Waals surface area contributed by atoms with Crippen LogP contribution in [0.25, 0.3) is 0 Å². The average molecular weight is 330 g/mol. The van der Waals surface area contributed by atoms with E-state index in [4.69, 9.17) is 16.3 Å². The lowest BCUT2D eigenvalue weighted by molar-refractivity contribution is -0.386. The smallest absolute Gasteiger partial charge is 0.332 e. The second kappa shape index (κ2) is 5.32. The molecular formula is C11H6BrClN2O3. The molecule has 0 spiro atoms. The summed E-state index contributed by atoms with van der Waals surface area (Å²) in [5.74, 6) is 0.364. The number of aromatic nitrogens is 1. The molecule has 18 heavy (non-hydrogen) atoms. The molecular weight excluding hydrogens is 323 g/mol. The Bertz CT molecular complexity index is 589. The zero-order valence-corrected chi connectivity index (χ0v) is 11.2. The molecule has 2 aromatic rings. The van der Waals surface area contributed by atoms with Crippen LogP contribution in [0.4, 0.5) is 5.69 Å². The molecule has 5 nitrogen and oxygen atoms in total. The Kier molecular flexibility index (Phi) is 3.78. The Balaban J connectivity index is 2.34. The predicted octanol–water partition coefficient (Wildman–Crippen LogP) is 4.20. The van der Waals surface area contributed by atoms with Crippen molar-refractivity contribution in [2.24, 2.45) is 0 Å². The van der Waals surface area contributed by atoms with Crippen LogP contribution in [-0.4, -0.2) is 9.91 Å². The first-order valence-corrected chi connectivity index (χ1v) is 5.97. The summed E-state index contributed by atoms with van der Waals surface area (Å²) >= 11 is 8.94. The van der Waals surface area contributed by atoms with Crippen LogP contribution in [0.1, 0.15) is 0 Å². The maximum absolute atomic E-state index is 10.8. The van der Waals surface area contributed by atoms with Gasteiger partial charge in [-0.15, -0.1) is 0 Å². The van der Waals surface area contributed by atoms with Gasteiger partial charge < -0.3 is 4.74 Å². The highest BCUT2D eigenvalue weighted by molar-refractivity contribution is 9.10. The van der Waals surface area contributed by atoms with Crippen LogP contribution in [0, 0.1) is 10.1 Å². The summed E-state index contributed by atoms with van der Waals surface area (Å²) in [4.78, 5) is 14.1. The summed E-state index contributed by atoms with van der Waals surface area (Å²) in [5, 5.41) is 11.0. The Morgan fingerprint density at radius 1 is 1.33 bits per heavy atom. The monoisotopic (exact) mass is 328 g/mol. The zero-order valence-electron chi connectivity index (χ0n) is 8.84. The molecule has 0 aliphatic carbocycles. The molecule has 0 aliphatic heterocycles. The standard InChI is InChI=1S/C11H6BrClN2O3/c12-7-1-3-9(4-2-7)18-11-10(15(16)17)5-8(13)6-14-11/h1-6H. The number of halogens is 2. The second-order valence-electron chi connectivity index (χ2n) is 3.29. The second-order valence-corrected chi connectivity index (χ2v) is 4.64. The van der Waals surface area contributed by atoms with Gasteiger partial charge in [0, 0.05) is 10.5 Å². The van der Waals surface area contributed by atoms with Crippen LogP contribution < -0.4 is 4.74 Å². The van der Waals surface area contributed by atoms with Crippen LogP contribution >= 0.6 is 27.5 Å². The quantitative estimate of drug-likeness (QED) is 0.625. The number of nitrogens with zero attached hydrogens (tertiary/aromatic N) is 2. The minimum absolute atomic E-state index is 0.0910. The van der Waals surface area contributed by atoms with Crippen molar-refractivity contribution in [2.75, 3.05) is 0 Å². The highest BCUT2D eigenvalue weighted by Crippen LogP contribution is 2.31. The fraction of sp³-hybridized carbons (Fsp3) is 0. The molecule has 1 aromatic carbocycles. The van der Waals surface area contributed by atoms with Gasteiger partial charge in [-0.25, -0.2) is 4.98 Å². The number of nitro groups is 1. The molecule has 0 amide bonds. The number of rotatable bonds is 3. The number of pyridine rings is 1. The average Bonchev–Trinajstić information content (AvgIpc) is 2.34. The molecule has 1 aromatic heterocycles. The van der Waals surface area contributed by atoms with E-state index < -0.39 is 4.92 Å². The van der Waals surface area contributed by atoms with Gasteiger partial charge in [0.25, 0.3) is 5.88 Å². The summed E-state index contributed by atoms with van der Waals surface area (Å²) in [6.07, 6.45) is 1.29. The van der Waals surface area contributed by atoms with E-state index in [1.807, 2.05) is 0 Å².